The molecule has 0 unspecified atom stereocenters. The molecule has 1 saturated heterocycles. The molecule has 0 radical (unpaired) electrons. The Morgan fingerprint density at radius 1 is 0.897 bits per heavy atom. The molecule has 0 aliphatic carbocycles. The highest BCUT2D eigenvalue weighted by molar-refractivity contribution is 7.91. The summed E-state index contributed by atoms with van der Waals surface area (Å²) in [6.45, 7) is 6.67. The van der Waals surface area contributed by atoms with Gasteiger partial charge >= 0.3 is 0 Å². The molecule has 0 aromatic heterocycles. The Hall–Kier alpha value is -3.16. The van der Waals surface area contributed by atoms with Crippen LogP contribution < -0.4 is 5.32 Å². The van der Waals surface area contributed by atoms with E-state index in [1.807, 2.05) is 43.0 Å². The number of para-hydroxylation sites is 1. The van der Waals surface area contributed by atoms with Crippen molar-refractivity contribution in [3.8, 4) is 0 Å². The van der Waals surface area contributed by atoms with Crippen LogP contribution in [0.4, 0.5) is 5.69 Å². The SMILES string of the molecule is Cc1ccc(S(=O)(=O)CCC(=O)N2Cc3ccccc3NCC[C@@H]3CC[C@H](C2)N3Cc2ccccc2)cc1C. The average molecular weight is 546 g/mol. The Bertz CT molecular complexity index is 1410. The van der Waals surface area contributed by atoms with Gasteiger partial charge in [-0.25, -0.2) is 8.42 Å². The molecule has 1 fully saturated rings. The van der Waals surface area contributed by atoms with Crippen molar-refractivity contribution in [2.24, 2.45) is 0 Å². The first-order valence-electron chi connectivity index (χ1n) is 14.0. The molecule has 2 bridgehead atoms. The van der Waals surface area contributed by atoms with Crippen LogP contribution in [0.5, 0.6) is 0 Å². The number of carbonyl (C=O) groups excluding carboxylic acids is 1. The van der Waals surface area contributed by atoms with Crippen molar-refractivity contribution >= 4 is 21.4 Å². The van der Waals surface area contributed by atoms with E-state index in [4.69, 9.17) is 0 Å². The highest BCUT2D eigenvalue weighted by Gasteiger charge is 2.35. The van der Waals surface area contributed by atoms with Crippen LogP contribution in [-0.2, 0) is 27.7 Å². The number of sulfone groups is 1. The Balaban J connectivity index is 1.38. The summed E-state index contributed by atoms with van der Waals surface area (Å²) in [5, 5.41) is 3.61. The third kappa shape index (κ3) is 6.53. The fourth-order valence-electron chi connectivity index (χ4n) is 5.90. The zero-order valence-corrected chi connectivity index (χ0v) is 23.8. The summed E-state index contributed by atoms with van der Waals surface area (Å²) < 4.78 is 26.3. The van der Waals surface area contributed by atoms with Crippen molar-refractivity contribution in [2.75, 3.05) is 24.2 Å². The number of nitrogens with zero attached hydrogens (tertiary/aromatic N) is 2. The van der Waals surface area contributed by atoms with Gasteiger partial charge in [0.2, 0.25) is 5.91 Å². The second-order valence-electron chi connectivity index (χ2n) is 11.0. The van der Waals surface area contributed by atoms with Crippen molar-refractivity contribution < 1.29 is 13.2 Å². The molecular formula is C32H39N3O3S. The van der Waals surface area contributed by atoms with E-state index < -0.39 is 9.84 Å². The van der Waals surface area contributed by atoms with Gasteiger partial charge in [-0.2, -0.15) is 0 Å². The van der Waals surface area contributed by atoms with Gasteiger partial charge < -0.3 is 10.2 Å². The topological polar surface area (TPSA) is 69.7 Å². The molecule has 2 heterocycles. The lowest BCUT2D eigenvalue weighted by atomic mass is 10.1. The number of amides is 1. The van der Waals surface area contributed by atoms with Crippen LogP contribution in [0.2, 0.25) is 0 Å². The van der Waals surface area contributed by atoms with Crippen molar-refractivity contribution in [3.63, 3.8) is 0 Å². The van der Waals surface area contributed by atoms with Crippen molar-refractivity contribution in [1.82, 2.24) is 9.80 Å². The Labute approximate surface area is 232 Å². The lowest BCUT2D eigenvalue weighted by Gasteiger charge is -2.34. The number of nitrogens with one attached hydrogen (secondary N) is 1. The lowest BCUT2D eigenvalue weighted by molar-refractivity contribution is -0.132. The molecule has 39 heavy (non-hydrogen) atoms. The summed E-state index contributed by atoms with van der Waals surface area (Å²) in [6.07, 6.45) is 3.15. The van der Waals surface area contributed by atoms with Crippen LogP contribution in [0.25, 0.3) is 0 Å². The first-order chi connectivity index (χ1) is 18.8. The van der Waals surface area contributed by atoms with Crippen molar-refractivity contribution in [3.05, 3.63) is 95.1 Å². The lowest BCUT2D eigenvalue weighted by Crippen LogP contribution is -2.45. The molecule has 5 rings (SSSR count). The fraction of sp³-hybridized carbons (Fsp3) is 0.406. The van der Waals surface area contributed by atoms with E-state index in [1.165, 1.54) is 5.56 Å². The molecule has 1 N–H and O–H groups in total. The van der Waals surface area contributed by atoms with E-state index in [1.54, 1.807) is 12.1 Å². The van der Waals surface area contributed by atoms with Gasteiger partial charge in [0.15, 0.2) is 9.84 Å². The zero-order valence-electron chi connectivity index (χ0n) is 23.0. The molecule has 3 aromatic rings. The quantitative estimate of drug-likeness (QED) is 0.453. The molecule has 6 nitrogen and oxygen atoms in total. The summed E-state index contributed by atoms with van der Waals surface area (Å²) in [6, 6.07) is 24.5. The van der Waals surface area contributed by atoms with E-state index in [-0.39, 0.29) is 29.0 Å². The van der Waals surface area contributed by atoms with E-state index in [9.17, 15) is 13.2 Å². The van der Waals surface area contributed by atoms with E-state index in [0.29, 0.717) is 19.1 Å². The minimum Gasteiger partial charge on any atom is -0.385 e. The van der Waals surface area contributed by atoms with Gasteiger partial charge in [-0.3, -0.25) is 9.69 Å². The van der Waals surface area contributed by atoms with Crippen LogP contribution in [0.1, 0.15) is 47.9 Å². The van der Waals surface area contributed by atoms with Crippen LogP contribution >= 0.6 is 0 Å². The number of rotatable bonds is 6. The van der Waals surface area contributed by atoms with Crippen molar-refractivity contribution in [1.29, 1.82) is 0 Å². The highest BCUT2D eigenvalue weighted by atomic mass is 32.2. The first kappa shape index (κ1) is 27.4. The number of benzene rings is 3. The van der Waals surface area contributed by atoms with Crippen molar-refractivity contribution in [2.45, 2.75) is 69.6 Å². The van der Waals surface area contributed by atoms with Crippen LogP contribution in [0.3, 0.4) is 0 Å². The Morgan fingerprint density at radius 3 is 2.44 bits per heavy atom. The Morgan fingerprint density at radius 2 is 1.64 bits per heavy atom. The molecule has 7 heteroatoms. The number of carbonyl (C=O) groups is 1. The number of aryl methyl sites for hydroxylation is 2. The predicted molar refractivity (Wildman–Crippen MR) is 156 cm³/mol. The van der Waals surface area contributed by atoms with Gasteiger partial charge in [-0.05, 0) is 73.6 Å². The fourth-order valence-corrected chi connectivity index (χ4v) is 7.21. The molecule has 206 valence electrons. The number of anilines is 1. The predicted octanol–water partition coefficient (Wildman–Crippen LogP) is 5.34. The number of hydrogen-bond acceptors (Lipinski definition) is 5. The summed E-state index contributed by atoms with van der Waals surface area (Å²) in [4.78, 5) is 18.5. The van der Waals surface area contributed by atoms with E-state index >= 15 is 0 Å². The highest BCUT2D eigenvalue weighted by Crippen LogP contribution is 2.31. The van der Waals surface area contributed by atoms with Gasteiger partial charge in [0, 0.05) is 50.4 Å². The third-order valence-corrected chi connectivity index (χ3v) is 10.1. The number of fused-ring (bicyclic) bond motifs is 3. The maximum atomic E-state index is 13.7. The molecular weight excluding hydrogens is 506 g/mol. The van der Waals surface area contributed by atoms with E-state index in [0.717, 1.165) is 54.7 Å². The standard InChI is InChI=1S/C32H39N3O3S/c1-24-12-15-30(20-25(24)2)39(37,38)19-17-32(36)34-22-27-10-6-7-11-31(27)33-18-16-28-13-14-29(23-34)35(28)21-26-8-4-3-5-9-26/h3-12,15,20,28-29,33H,13-14,16-19,21-23H2,1-2H3/t28-,29+/m0/s1. The van der Waals surface area contributed by atoms with E-state index in [2.05, 4.69) is 46.6 Å². The second kappa shape index (κ2) is 11.9. The summed E-state index contributed by atoms with van der Waals surface area (Å²) in [7, 11) is -3.56. The van der Waals surface area contributed by atoms with Gasteiger partial charge in [-0.15, -0.1) is 0 Å². The molecule has 3 aromatic carbocycles. The minimum absolute atomic E-state index is 0.0281. The zero-order chi connectivity index (χ0) is 27.4. The second-order valence-corrected chi connectivity index (χ2v) is 13.1. The maximum absolute atomic E-state index is 13.7. The van der Waals surface area contributed by atoms with Gasteiger partial charge in [0.25, 0.3) is 0 Å². The van der Waals surface area contributed by atoms with Gasteiger partial charge in [0.1, 0.15) is 0 Å². The molecule has 0 spiro atoms. The maximum Gasteiger partial charge on any atom is 0.223 e. The molecule has 2 aliphatic heterocycles. The largest absolute Gasteiger partial charge is 0.385 e. The summed E-state index contributed by atoms with van der Waals surface area (Å²) >= 11 is 0. The molecule has 0 saturated carbocycles. The molecule has 1 amide bonds. The summed E-state index contributed by atoms with van der Waals surface area (Å²) in [5.41, 5.74) is 5.38. The van der Waals surface area contributed by atoms with Crippen LogP contribution in [-0.4, -0.2) is 55.1 Å². The summed E-state index contributed by atoms with van der Waals surface area (Å²) in [5.74, 6) is -0.300. The first-order valence-corrected chi connectivity index (χ1v) is 15.6. The normalized spacial score (nSPS) is 20.1. The smallest absolute Gasteiger partial charge is 0.223 e. The average Bonchev–Trinajstić information content (AvgIpc) is 3.28. The monoisotopic (exact) mass is 545 g/mol. The molecule has 2 aliphatic rings. The third-order valence-electron chi connectivity index (χ3n) is 8.36. The van der Waals surface area contributed by atoms with Gasteiger partial charge in [0.05, 0.1) is 10.6 Å². The molecule has 2 atom stereocenters. The van der Waals surface area contributed by atoms with Crippen LogP contribution in [0, 0.1) is 13.8 Å². The number of hydrogen-bond donors (Lipinski definition) is 1. The van der Waals surface area contributed by atoms with Crippen LogP contribution in [0.15, 0.2) is 77.7 Å². The Kier molecular flexibility index (Phi) is 8.38. The minimum atomic E-state index is -3.56. The van der Waals surface area contributed by atoms with Gasteiger partial charge in [-0.1, -0.05) is 54.6 Å².